The smallest absolute Gasteiger partial charge is 0.218 e. The molecule has 0 aliphatic rings. The van der Waals surface area contributed by atoms with Crippen LogP contribution in [0.25, 0.3) is 0 Å². The van der Waals surface area contributed by atoms with Crippen molar-refractivity contribution in [1.82, 2.24) is 15.6 Å². The van der Waals surface area contributed by atoms with Gasteiger partial charge < -0.3 is 20.1 Å². The van der Waals surface area contributed by atoms with Crippen molar-refractivity contribution in [2.45, 2.75) is 53.0 Å². The minimum atomic E-state index is 0.537. The van der Waals surface area contributed by atoms with E-state index in [1.165, 1.54) is 6.42 Å². The highest BCUT2D eigenvalue weighted by Gasteiger charge is 2.04. The molecule has 1 rings (SSSR count). The topological polar surface area (TPSA) is 67.8 Å². The summed E-state index contributed by atoms with van der Waals surface area (Å²) in [6, 6.07) is 3.92. The quantitative estimate of drug-likeness (QED) is 0.325. The number of unbranched alkanes of at least 4 members (excludes halogenated alkanes) is 1. The zero-order valence-electron chi connectivity index (χ0n) is 16.0. The third kappa shape index (κ3) is 9.92. The van der Waals surface area contributed by atoms with Crippen LogP contribution in [0.15, 0.2) is 23.3 Å². The van der Waals surface area contributed by atoms with Crippen LogP contribution < -0.4 is 15.4 Å². The Bertz CT molecular complexity index is 480. The average Bonchev–Trinajstić information content (AvgIpc) is 2.64. The van der Waals surface area contributed by atoms with Gasteiger partial charge in [0, 0.05) is 38.1 Å². The molecule has 0 saturated heterocycles. The second-order valence-electron chi connectivity index (χ2n) is 5.76. The molecule has 0 atom stereocenters. The van der Waals surface area contributed by atoms with Crippen LogP contribution >= 0.6 is 0 Å². The van der Waals surface area contributed by atoms with Gasteiger partial charge in [0.25, 0.3) is 0 Å². The van der Waals surface area contributed by atoms with E-state index in [9.17, 15) is 0 Å². The molecule has 0 bridgehead atoms. The van der Waals surface area contributed by atoms with E-state index in [0.717, 1.165) is 57.1 Å². The summed E-state index contributed by atoms with van der Waals surface area (Å²) in [7, 11) is 0. The number of rotatable bonds is 13. The molecular formula is C19H34N4O2. The van der Waals surface area contributed by atoms with Gasteiger partial charge in [-0.3, -0.25) is 0 Å². The van der Waals surface area contributed by atoms with Gasteiger partial charge in [-0.2, -0.15) is 0 Å². The van der Waals surface area contributed by atoms with E-state index in [4.69, 9.17) is 9.47 Å². The van der Waals surface area contributed by atoms with Crippen molar-refractivity contribution in [2.75, 3.05) is 32.9 Å². The second kappa shape index (κ2) is 14.5. The summed E-state index contributed by atoms with van der Waals surface area (Å²) in [4.78, 5) is 8.94. The number of hydrogen-bond donors (Lipinski definition) is 2. The van der Waals surface area contributed by atoms with E-state index < -0.39 is 0 Å². The maximum absolute atomic E-state index is 5.69. The lowest BCUT2D eigenvalue weighted by molar-refractivity contribution is 0.129. The predicted octanol–water partition coefficient (Wildman–Crippen LogP) is 3.13. The average molecular weight is 351 g/mol. The Morgan fingerprint density at radius 2 is 1.92 bits per heavy atom. The Morgan fingerprint density at radius 3 is 2.68 bits per heavy atom. The van der Waals surface area contributed by atoms with Gasteiger partial charge in [0.2, 0.25) is 5.88 Å². The maximum Gasteiger partial charge on any atom is 0.218 e. The van der Waals surface area contributed by atoms with Gasteiger partial charge in [-0.1, -0.05) is 26.3 Å². The first-order valence-electron chi connectivity index (χ1n) is 9.48. The molecule has 6 heteroatoms. The zero-order valence-corrected chi connectivity index (χ0v) is 16.0. The summed E-state index contributed by atoms with van der Waals surface area (Å²) in [6.45, 7) is 10.8. The predicted molar refractivity (Wildman–Crippen MR) is 103 cm³/mol. The summed E-state index contributed by atoms with van der Waals surface area (Å²) in [6.07, 6.45) is 5.98. The van der Waals surface area contributed by atoms with Crippen LogP contribution in [0.2, 0.25) is 0 Å². The lowest BCUT2D eigenvalue weighted by Crippen LogP contribution is -2.38. The number of pyridine rings is 1. The van der Waals surface area contributed by atoms with Gasteiger partial charge >= 0.3 is 0 Å². The summed E-state index contributed by atoms with van der Waals surface area (Å²) < 4.78 is 11.3. The molecule has 2 N–H and O–H groups in total. The number of aliphatic imine (C=N–C) groups is 1. The standard InChI is InChI=1S/C19H34N4O2/c1-4-7-14-24-15-9-12-22-19(20-6-3)23-16-17-10-8-11-21-18(17)25-13-5-2/h8,10-11H,4-7,9,12-16H2,1-3H3,(H2,20,22,23). The summed E-state index contributed by atoms with van der Waals surface area (Å²) in [5.41, 5.74) is 0.996. The van der Waals surface area contributed by atoms with Crippen LogP contribution in [-0.2, 0) is 11.3 Å². The third-order valence-corrected chi connectivity index (χ3v) is 3.44. The molecule has 1 heterocycles. The SMILES string of the molecule is CCCCOCCCNC(=NCc1cccnc1OCCC)NCC. The fourth-order valence-electron chi connectivity index (χ4n) is 2.11. The molecule has 0 spiro atoms. The molecule has 0 unspecified atom stereocenters. The fourth-order valence-corrected chi connectivity index (χ4v) is 2.11. The Hall–Kier alpha value is -1.82. The van der Waals surface area contributed by atoms with Crippen molar-refractivity contribution in [1.29, 1.82) is 0 Å². The van der Waals surface area contributed by atoms with Gasteiger partial charge in [-0.15, -0.1) is 0 Å². The minimum absolute atomic E-state index is 0.537. The van der Waals surface area contributed by atoms with Gasteiger partial charge in [0.15, 0.2) is 5.96 Å². The molecular weight excluding hydrogens is 316 g/mol. The lowest BCUT2D eigenvalue weighted by atomic mass is 10.3. The van der Waals surface area contributed by atoms with Crippen molar-refractivity contribution >= 4 is 5.96 Å². The van der Waals surface area contributed by atoms with Gasteiger partial charge in [0.1, 0.15) is 0 Å². The van der Waals surface area contributed by atoms with Crippen LogP contribution in [0.4, 0.5) is 0 Å². The maximum atomic E-state index is 5.69. The van der Waals surface area contributed by atoms with Crippen molar-refractivity contribution in [3.8, 4) is 5.88 Å². The van der Waals surface area contributed by atoms with E-state index in [1.54, 1.807) is 6.20 Å². The Balaban J connectivity index is 2.44. The van der Waals surface area contributed by atoms with Gasteiger partial charge in [-0.05, 0) is 32.3 Å². The minimum Gasteiger partial charge on any atom is -0.477 e. The first-order chi connectivity index (χ1) is 12.3. The molecule has 0 amide bonds. The molecule has 0 saturated carbocycles. The normalized spacial score (nSPS) is 11.4. The largest absolute Gasteiger partial charge is 0.477 e. The first kappa shape index (κ1) is 21.2. The van der Waals surface area contributed by atoms with Crippen molar-refractivity contribution < 1.29 is 9.47 Å². The van der Waals surface area contributed by atoms with Crippen molar-refractivity contribution in [3.63, 3.8) is 0 Å². The highest BCUT2D eigenvalue weighted by molar-refractivity contribution is 5.79. The number of aromatic nitrogens is 1. The van der Waals surface area contributed by atoms with Crippen LogP contribution in [0, 0.1) is 0 Å². The van der Waals surface area contributed by atoms with Crippen molar-refractivity contribution in [2.24, 2.45) is 4.99 Å². The number of ether oxygens (including phenoxy) is 2. The van der Waals surface area contributed by atoms with Crippen LogP contribution in [0.1, 0.15) is 52.0 Å². The molecule has 25 heavy (non-hydrogen) atoms. The number of nitrogens with one attached hydrogen (secondary N) is 2. The van der Waals surface area contributed by atoms with Crippen LogP contribution in [0.3, 0.4) is 0 Å². The van der Waals surface area contributed by atoms with Gasteiger partial charge in [0.05, 0.1) is 13.2 Å². The molecule has 0 fully saturated rings. The Labute approximate surface area is 152 Å². The molecule has 6 nitrogen and oxygen atoms in total. The van der Waals surface area contributed by atoms with E-state index in [-0.39, 0.29) is 0 Å². The Kier molecular flexibility index (Phi) is 12.3. The summed E-state index contributed by atoms with van der Waals surface area (Å²) in [5, 5.41) is 6.61. The highest BCUT2D eigenvalue weighted by atomic mass is 16.5. The Morgan fingerprint density at radius 1 is 1.08 bits per heavy atom. The lowest BCUT2D eigenvalue weighted by Gasteiger charge is -2.12. The molecule has 1 aromatic rings. The zero-order chi connectivity index (χ0) is 18.2. The molecule has 0 aliphatic carbocycles. The van der Waals surface area contributed by atoms with Crippen molar-refractivity contribution in [3.05, 3.63) is 23.9 Å². The highest BCUT2D eigenvalue weighted by Crippen LogP contribution is 2.15. The molecule has 142 valence electrons. The number of hydrogen-bond acceptors (Lipinski definition) is 4. The second-order valence-corrected chi connectivity index (χ2v) is 5.76. The molecule has 1 aromatic heterocycles. The van der Waals surface area contributed by atoms with Crippen LogP contribution in [0.5, 0.6) is 5.88 Å². The van der Waals surface area contributed by atoms with E-state index in [2.05, 4.69) is 41.4 Å². The summed E-state index contributed by atoms with van der Waals surface area (Å²) >= 11 is 0. The van der Waals surface area contributed by atoms with E-state index in [0.29, 0.717) is 19.0 Å². The fraction of sp³-hybridized carbons (Fsp3) is 0.684. The third-order valence-electron chi connectivity index (χ3n) is 3.44. The molecule has 0 aliphatic heterocycles. The first-order valence-corrected chi connectivity index (χ1v) is 9.48. The molecule has 0 radical (unpaired) electrons. The number of nitrogens with zero attached hydrogens (tertiary/aromatic N) is 2. The van der Waals surface area contributed by atoms with E-state index in [1.807, 2.05) is 12.1 Å². The summed E-state index contributed by atoms with van der Waals surface area (Å²) in [5.74, 6) is 1.48. The number of guanidine groups is 1. The van der Waals surface area contributed by atoms with E-state index >= 15 is 0 Å². The monoisotopic (exact) mass is 350 g/mol. The van der Waals surface area contributed by atoms with Crippen LogP contribution in [-0.4, -0.2) is 43.9 Å². The molecule has 0 aromatic carbocycles. The van der Waals surface area contributed by atoms with Gasteiger partial charge in [-0.25, -0.2) is 9.98 Å².